The van der Waals surface area contributed by atoms with Crippen molar-refractivity contribution in [3.63, 3.8) is 0 Å². The molecule has 1 aromatic carbocycles. The minimum absolute atomic E-state index is 0.0718. The molecule has 0 fully saturated rings. The average molecular weight is 335 g/mol. The van der Waals surface area contributed by atoms with Gasteiger partial charge in [0.1, 0.15) is 6.54 Å². The van der Waals surface area contributed by atoms with Crippen molar-refractivity contribution in [2.45, 2.75) is 32.7 Å². The van der Waals surface area contributed by atoms with Gasteiger partial charge in [-0.05, 0) is 29.0 Å². The maximum atomic E-state index is 12.4. The van der Waals surface area contributed by atoms with Gasteiger partial charge < -0.3 is 4.52 Å². The number of para-hydroxylation sites is 1. The van der Waals surface area contributed by atoms with Crippen molar-refractivity contribution in [3.05, 3.63) is 51.5 Å². The fourth-order valence-corrected chi connectivity index (χ4v) is 2.28. The lowest BCUT2D eigenvalue weighted by atomic mass is 10.2. The molecular weight excluding hydrogens is 320 g/mol. The van der Waals surface area contributed by atoms with Crippen LogP contribution in [-0.2, 0) is 13.0 Å². The van der Waals surface area contributed by atoms with Crippen molar-refractivity contribution < 1.29 is 4.52 Å². The Kier molecular flexibility index (Phi) is 4.52. The summed E-state index contributed by atoms with van der Waals surface area (Å²) >= 11 is 6.07. The summed E-state index contributed by atoms with van der Waals surface area (Å²) < 4.78 is 7.42. The van der Waals surface area contributed by atoms with Crippen LogP contribution in [0, 0.1) is 0 Å². The summed E-state index contributed by atoms with van der Waals surface area (Å²) in [5.41, 5.74) is 0.0472. The number of nitrogens with zero attached hydrogens (tertiary/aromatic N) is 6. The Morgan fingerprint density at radius 3 is 2.87 bits per heavy atom. The molecule has 0 aliphatic heterocycles. The Morgan fingerprint density at radius 1 is 1.26 bits per heavy atom. The van der Waals surface area contributed by atoms with Gasteiger partial charge in [-0.1, -0.05) is 42.2 Å². The highest BCUT2D eigenvalue weighted by Crippen LogP contribution is 2.16. The van der Waals surface area contributed by atoms with E-state index in [2.05, 4.69) is 27.5 Å². The van der Waals surface area contributed by atoms with Crippen LogP contribution in [0.15, 0.2) is 33.6 Å². The highest BCUT2D eigenvalue weighted by Gasteiger charge is 2.14. The maximum absolute atomic E-state index is 12.4. The van der Waals surface area contributed by atoms with Crippen molar-refractivity contribution in [1.82, 2.24) is 29.9 Å². The molecule has 0 saturated heterocycles. The van der Waals surface area contributed by atoms with E-state index < -0.39 is 5.69 Å². The lowest BCUT2D eigenvalue weighted by Crippen LogP contribution is -2.25. The maximum Gasteiger partial charge on any atom is 0.369 e. The van der Waals surface area contributed by atoms with Crippen LogP contribution in [0.5, 0.6) is 0 Å². The quantitative estimate of drug-likeness (QED) is 0.683. The summed E-state index contributed by atoms with van der Waals surface area (Å²) in [5.74, 6) is 0.956. The molecule has 8 nitrogen and oxygen atoms in total. The zero-order chi connectivity index (χ0) is 16.2. The Hall–Kier alpha value is -2.48. The molecule has 3 aromatic rings. The molecule has 0 bridgehead atoms. The van der Waals surface area contributed by atoms with Crippen LogP contribution in [-0.4, -0.2) is 29.9 Å². The fraction of sp³-hybridized carbons (Fsp3) is 0.357. The topological polar surface area (TPSA) is 91.6 Å². The van der Waals surface area contributed by atoms with Gasteiger partial charge in [0.15, 0.2) is 5.82 Å². The largest absolute Gasteiger partial charge is 0.369 e. The van der Waals surface area contributed by atoms with Crippen molar-refractivity contribution in [3.8, 4) is 5.69 Å². The summed E-state index contributed by atoms with van der Waals surface area (Å²) in [6.45, 7) is 2.16. The Morgan fingerprint density at radius 2 is 2.09 bits per heavy atom. The predicted octanol–water partition coefficient (Wildman–Crippen LogP) is 1.86. The highest BCUT2D eigenvalue weighted by molar-refractivity contribution is 6.32. The monoisotopic (exact) mass is 334 g/mol. The first-order valence-corrected chi connectivity index (χ1v) is 7.66. The van der Waals surface area contributed by atoms with Gasteiger partial charge in [0.2, 0.25) is 5.89 Å². The molecule has 3 rings (SSSR count). The number of benzene rings is 1. The molecule has 0 unspecified atom stereocenters. The third kappa shape index (κ3) is 3.31. The molecule has 0 spiro atoms. The van der Waals surface area contributed by atoms with Crippen molar-refractivity contribution in [2.24, 2.45) is 0 Å². The molecule has 9 heteroatoms. The number of rotatable bonds is 6. The third-order valence-corrected chi connectivity index (χ3v) is 3.59. The molecule has 0 aliphatic carbocycles. The van der Waals surface area contributed by atoms with E-state index in [-0.39, 0.29) is 6.54 Å². The normalized spacial score (nSPS) is 11.0. The van der Waals surface area contributed by atoms with Gasteiger partial charge in [0, 0.05) is 6.42 Å². The second kappa shape index (κ2) is 6.74. The standard InChI is InChI=1S/C14H15ClN6O2/c1-2-3-8-12-16-13(23-17-12)9-20-14(22)21(19-18-20)11-7-5-4-6-10(11)15/h4-7H,2-3,8-9H2,1H3. The Bertz CT molecular complexity index is 853. The van der Waals surface area contributed by atoms with E-state index in [0.29, 0.717) is 22.4 Å². The van der Waals surface area contributed by atoms with E-state index in [4.69, 9.17) is 16.1 Å². The van der Waals surface area contributed by atoms with Crippen molar-refractivity contribution in [1.29, 1.82) is 0 Å². The van der Waals surface area contributed by atoms with Crippen LogP contribution < -0.4 is 5.69 Å². The lowest BCUT2D eigenvalue weighted by molar-refractivity contribution is 0.358. The molecule has 0 radical (unpaired) electrons. The summed E-state index contributed by atoms with van der Waals surface area (Å²) in [5, 5.41) is 12.0. The number of halogens is 1. The number of tetrazole rings is 1. The minimum atomic E-state index is -0.425. The average Bonchev–Trinajstić information content (AvgIpc) is 3.14. The summed E-state index contributed by atoms with van der Waals surface area (Å²) in [6.07, 6.45) is 2.79. The molecule has 120 valence electrons. The number of aromatic nitrogens is 6. The number of hydrogen-bond donors (Lipinski definition) is 0. The van der Waals surface area contributed by atoms with Crippen LogP contribution in [0.4, 0.5) is 0 Å². The molecular formula is C14H15ClN6O2. The molecule has 2 aromatic heterocycles. The van der Waals surface area contributed by atoms with Gasteiger partial charge in [-0.15, -0.1) is 0 Å². The van der Waals surface area contributed by atoms with E-state index in [9.17, 15) is 4.79 Å². The van der Waals surface area contributed by atoms with E-state index in [1.165, 1.54) is 0 Å². The Labute approximate surface area is 136 Å². The van der Waals surface area contributed by atoms with Gasteiger partial charge in [0.25, 0.3) is 0 Å². The van der Waals surface area contributed by atoms with Gasteiger partial charge in [-0.25, -0.2) is 4.79 Å². The predicted molar refractivity (Wildman–Crippen MR) is 82.6 cm³/mol. The number of hydrogen-bond acceptors (Lipinski definition) is 6. The van der Waals surface area contributed by atoms with E-state index >= 15 is 0 Å². The molecule has 0 amide bonds. The highest BCUT2D eigenvalue weighted by atomic mass is 35.5. The smallest absolute Gasteiger partial charge is 0.337 e. The first-order valence-electron chi connectivity index (χ1n) is 7.28. The molecule has 0 atom stereocenters. The summed E-state index contributed by atoms with van der Waals surface area (Å²) in [7, 11) is 0. The van der Waals surface area contributed by atoms with Crippen molar-refractivity contribution in [2.75, 3.05) is 0 Å². The Balaban J connectivity index is 1.81. The van der Waals surface area contributed by atoms with Crippen molar-refractivity contribution >= 4 is 11.6 Å². The van der Waals surface area contributed by atoms with Gasteiger partial charge in [-0.2, -0.15) is 14.3 Å². The summed E-state index contributed by atoms with van der Waals surface area (Å²) in [4.78, 5) is 16.6. The zero-order valence-electron chi connectivity index (χ0n) is 12.5. The van der Waals surface area contributed by atoms with Crippen LogP contribution in [0.25, 0.3) is 5.69 Å². The van der Waals surface area contributed by atoms with E-state index in [0.717, 1.165) is 28.6 Å². The molecule has 0 aliphatic rings. The van der Waals surface area contributed by atoms with Crippen LogP contribution in [0.3, 0.4) is 0 Å². The zero-order valence-corrected chi connectivity index (χ0v) is 13.3. The molecule has 0 saturated carbocycles. The van der Waals surface area contributed by atoms with Crippen LogP contribution >= 0.6 is 11.6 Å². The van der Waals surface area contributed by atoms with E-state index in [1.54, 1.807) is 24.3 Å². The number of unbranched alkanes of at least 4 members (excludes halogenated alkanes) is 1. The second-order valence-electron chi connectivity index (χ2n) is 4.99. The fourth-order valence-electron chi connectivity index (χ4n) is 2.07. The van der Waals surface area contributed by atoms with Crippen LogP contribution in [0.1, 0.15) is 31.5 Å². The van der Waals surface area contributed by atoms with E-state index in [1.807, 2.05) is 0 Å². The first-order chi connectivity index (χ1) is 11.2. The third-order valence-electron chi connectivity index (χ3n) is 3.27. The van der Waals surface area contributed by atoms with Gasteiger partial charge in [-0.3, -0.25) is 0 Å². The van der Waals surface area contributed by atoms with Gasteiger partial charge >= 0.3 is 5.69 Å². The second-order valence-corrected chi connectivity index (χ2v) is 5.40. The number of aryl methyl sites for hydroxylation is 1. The van der Waals surface area contributed by atoms with Gasteiger partial charge in [0.05, 0.1) is 10.7 Å². The summed E-state index contributed by atoms with van der Waals surface area (Å²) in [6, 6.07) is 6.92. The molecule has 0 N–H and O–H groups in total. The minimum Gasteiger partial charge on any atom is -0.337 e. The molecule has 23 heavy (non-hydrogen) atoms. The SMILES string of the molecule is CCCCc1noc(Cn2nnn(-c3ccccc3Cl)c2=O)n1. The lowest BCUT2D eigenvalue weighted by Gasteiger charge is -1.99. The first kappa shape index (κ1) is 15.4. The van der Waals surface area contributed by atoms with Crippen LogP contribution in [0.2, 0.25) is 5.02 Å². The molecule has 2 heterocycles.